The SMILES string of the molecule is CC(C)CCC(C)C(C)(C)CC(c1ccc(OCCCCCCO)cc1)C(C)(C)C. The van der Waals surface area contributed by atoms with Crippen LogP contribution in [-0.4, -0.2) is 18.3 Å². The van der Waals surface area contributed by atoms with E-state index >= 15 is 0 Å². The fourth-order valence-corrected chi connectivity index (χ4v) is 4.18. The van der Waals surface area contributed by atoms with Gasteiger partial charge >= 0.3 is 0 Å². The van der Waals surface area contributed by atoms with Crippen molar-refractivity contribution in [2.75, 3.05) is 13.2 Å². The normalized spacial score (nSPS) is 14.7. The lowest BCUT2D eigenvalue weighted by Crippen LogP contribution is -2.30. The molecule has 1 aromatic rings. The van der Waals surface area contributed by atoms with E-state index in [4.69, 9.17) is 9.84 Å². The predicted molar refractivity (Wildman–Crippen MR) is 131 cm³/mol. The minimum absolute atomic E-state index is 0.226. The molecule has 2 nitrogen and oxygen atoms in total. The first-order chi connectivity index (χ1) is 14.0. The molecule has 0 aliphatic rings. The van der Waals surface area contributed by atoms with Crippen LogP contribution in [0.1, 0.15) is 112 Å². The first-order valence-electron chi connectivity index (χ1n) is 12.3. The van der Waals surface area contributed by atoms with Gasteiger partial charge in [-0.25, -0.2) is 0 Å². The van der Waals surface area contributed by atoms with Crippen molar-refractivity contribution < 1.29 is 9.84 Å². The number of aliphatic hydroxyl groups is 1. The summed E-state index contributed by atoms with van der Waals surface area (Å²) in [6.07, 6.45) is 7.99. The van der Waals surface area contributed by atoms with Crippen molar-refractivity contribution in [3.8, 4) is 5.75 Å². The molecule has 0 saturated carbocycles. The van der Waals surface area contributed by atoms with Crippen LogP contribution in [0.2, 0.25) is 0 Å². The monoisotopic (exact) mass is 418 g/mol. The Balaban J connectivity index is 2.75. The van der Waals surface area contributed by atoms with Crippen molar-refractivity contribution in [2.45, 2.75) is 106 Å². The van der Waals surface area contributed by atoms with Crippen molar-refractivity contribution >= 4 is 0 Å². The minimum Gasteiger partial charge on any atom is -0.494 e. The molecule has 0 heterocycles. The molecule has 174 valence electrons. The average molecular weight is 419 g/mol. The summed E-state index contributed by atoms with van der Waals surface area (Å²) in [6, 6.07) is 8.87. The second-order valence-corrected chi connectivity index (χ2v) is 11.5. The zero-order valence-electron chi connectivity index (χ0n) is 21.3. The molecular weight excluding hydrogens is 368 g/mol. The van der Waals surface area contributed by atoms with E-state index < -0.39 is 0 Å². The summed E-state index contributed by atoms with van der Waals surface area (Å²) in [5, 5.41) is 8.85. The Bertz CT molecular complexity index is 565. The van der Waals surface area contributed by atoms with Crippen LogP contribution in [0.15, 0.2) is 24.3 Å². The lowest BCUT2D eigenvalue weighted by Gasteiger charge is -2.41. The highest BCUT2D eigenvalue weighted by atomic mass is 16.5. The summed E-state index contributed by atoms with van der Waals surface area (Å²) in [5.74, 6) is 3.00. The molecule has 1 aromatic carbocycles. The highest BCUT2D eigenvalue weighted by Crippen LogP contribution is 2.47. The topological polar surface area (TPSA) is 29.5 Å². The van der Waals surface area contributed by atoms with Gasteiger partial charge in [-0.05, 0) is 78.4 Å². The van der Waals surface area contributed by atoms with Crippen molar-refractivity contribution in [1.82, 2.24) is 0 Å². The molecule has 1 rings (SSSR count). The Morgan fingerprint density at radius 3 is 1.97 bits per heavy atom. The van der Waals surface area contributed by atoms with Crippen LogP contribution in [0.5, 0.6) is 5.75 Å². The number of aliphatic hydroxyl groups excluding tert-OH is 1. The summed E-state index contributed by atoms with van der Waals surface area (Å²) in [4.78, 5) is 0. The van der Waals surface area contributed by atoms with E-state index in [1.807, 2.05) is 0 Å². The number of ether oxygens (including phenoxy) is 1. The molecule has 0 bridgehead atoms. The molecule has 30 heavy (non-hydrogen) atoms. The number of benzene rings is 1. The van der Waals surface area contributed by atoms with Crippen LogP contribution in [0.4, 0.5) is 0 Å². The Hall–Kier alpha value is -1.02. The standard InChI is InChI=1S/C28H50O2/c1-22(2)13-14-23(3)28(7,8)21-26(27(4,5)6)24-15-17-25(18-16-24)30-20-12-10-9-11-19-29/h15-18,22-23,26,29H,9-14,19-21H2,1-8H3. The van der Waals surface area contributed by atoms with E-state index in [9.17, 15) is 0 Å². The molecule has 1 N–H and O–H groups in total. The summed E-state index contributed by atoms with van der Waals surface area (Å²) >= 11 is 0. The molecule has 0 spiro atoms. The van der Waals surface area contributed by atoms with Gasteiger partial charge < -0.3 is 9.84 Å². The van der Waals surface area contributed by atoms with Gasteiger partial charge in [-0.15, -0.1) is 0 Å². The maximum Gasteiger partial charge on any atom is 0.119 e. The molecule has 2 atom stereocenters. The Labute approximate surface area is 187 Å². The number of unbranched alkanes of at least 4 members (excludes halogenated alkanes) is 3. The second kappa shape index (κ2) is 12.7. The third-order valence-corrected chi connectivity index (χ3v) is 6.89. The highest BCUT2D eigenvalue weighted by Gasteiger charge is 2.35. The number of hydrogen-bond donors (Lipinski definition) is 1. The van der Waals surface area contributed by atoms with Crippen LogP contribution in [0.25, 0.3) is 0 Å². The van der Waals surface area contributed by atoms with Crippen LogP contribution in [0, 0.1) is 22.7 Å². The van der Waals surface area contributed by atoms with Crippen molar-refractivity contribution in [1.29, 1.82) is 0 Å². The van der Waals surface area contributed by atoms with E-state index in [1.165, 1.54) is 24.8 Å². The van der Waals surface area contributed by atoms with Gasteiger partial charge in [-0.1, -0.05) is 80.4 Å². The largest absolute Gasteiger partial charge is 0.494 e. The van der Waals surface area contributed by atoms with Crippen LogP contribution in [-0.2, 0) is 0 Å². The van der Waals surface area contributed by atoms with Gasteiger partial charge in [0.25, 0.3) is 0 Å². The minimum atomic E-state index is 0.226. The third kappa shape index (κ3) is 9.86. The maximum atomic E-state index is 8.85. The molecule has 0 radical (unpaired) electrons. The first-order valence-corrected chi connectivity index (χ1v) is 12.3. The van der Waals surface area contributed by atoms with Crippen LogP contribution < -0.4 is 4.74 Å². The third-order valence-electron chi connectivity index (χ3n) is 6.89. The molecule has 0 saturated heterocycles. The molecule has 0 fully saturated rings. The Kier molecular flexibility index (Phi) is 11.5. The molecule has 0 amide bonds. The summed E-state index contributed by atoms with van der Waals surface area (Å²) < 4.78 is 5.94. The Morgan fingerprint density at radius 1 is 0.833 bits per heavy atom. The second-order valence-electron chi connectivity index (χ2n) is 11.5. The maximum absolute atomic E-state index is 8.85. The zero-order valence-corrected chi connectivity index (χ0v) is 21.3. The van der Waals surface area contributed by atoms with Gasteiger partial charge in [0, 0.05) is 6.61 Å². The fraction of sp³-hybridized carbons (Fsp3) is 0.786. The highest BCUT2D eigenvalue weighted by molar-refractivity contribution is 5.30. The average Bonchev–Trinajstić information content (AvgIpc) is 2.66. The zero-order chi connectivity index (χ0) is 22.8. The lowest BCUT2D eigenvalue weighted by atomic mass is 9.64. The predicted octanol–water partition coefficient (Wildman–Crippen LogP) is 8.24. The molecule has 2 unspecified atom stereocenters. The Morgan fingerprint density at radius 2 is 1.43 bits per heavy atom. The lowest BCUT2D eigenvalue weighted by molar-refractivity contribution is 0.141. The van der Waals surface area contributed by atoms with Gasteiger partial charge in [0.2, 0.25) is 0 Å². The van der Waals surface area contributed by atoms with Gasteiger partial charge in [0.1, 0.15) is 5.75 Å². The molecule has 0 aliphatic heterocycles. The smallest absolute Gasteiger partial charge is 0.119 e. The van der Waals surface area contributed by atoms with E-state index in [-0.39, 0.29) is 5.41 Å². The van der Waals surface area contributed by atoms with Gasteiger partial charge in [-0.2, -0.15) is 0 Å². The molecular formula is C28H50O2. The summed E-state index contributed by atoms with van der Waals surface area (Å²) in [7, 11) is 0. The number of hydrogen-bond acceptors (Lipinski definition) is 2. The van der Waals surface area contributed by atoms with E-state index in [1.54, 1.807) is 0 Å². The fourth-order valence-electron chi connectivity index (χ4n) is 4.18. The summed E-state index contributed by atoms with van der Waals surface area (Å²) in [6.45, 7) is 20.2. The van der Waals surface area contributed by atoms with Gasteiger partial charge in [0.15, 0.2) is 0 Å². The van der Waals surface area contributed by atoms with E-state index in [0.717, 1.165) is 49.9 Å². The molecule has 0 aliphatic carbocycles. The number of rotatable bonds is 14. The molecule has 2 heteroatoms. The van der Waals surface area contributed by atoms with Gasteiger partial charge in [-0.3, -0.25) is 0 Å². The van der Waals surface area contributed by atoms with Crippen molar-refractivity contribution in [3.63, 3.8) is 0 Å². The van der Waals surface area contributed by atoms with Crippen molar-refractivity contribution in [3.05, 3.63) is 29.8 Å². The molecule has 0 aromatic heterocycles. The van der Waals surface area contributed by atoms with E-state index in [2.05, 4.69) is 79.7 Å². The van der Waals surface area contributed by atoms with Crippen LogP contribution >= 0.6 is 0 Å². The van der Waals surface area contributed by atoms with Crippen LogP contribution in [0.3, 0.4) is 0 Å². The summed E-state index contributed by atoms with van der Waals surface area (Å²) in [5.41, 5.74) is 1.97. The van der Waals surface area contributed by atoms with E-state index in [0.29, 0.717) is 17.9 Å². The van der Waals surface area contributed by atoms with Crippen molar-refractivity contribution in [2.24, 2.45) is 22.7 Å². The quantitative estimate of drug-likeness (QED) is 0.308. The van der Waals surface area contributed by atoms with Gasteiger partial charge in [0.05, 0.1) is 6.61 Å². The first kappa shape index (κ1) is 27.0.